The number of imidazole rings is 1. The number of nitrogens with two attached hydrogens (primary N) is 1. The first-order chi connectivity index (χ1) is 15.3. The molecule has 0 radical (unpaired) electrons. The number of para-hydroxylation sites is 1. The van der Waals surface area contributed by atoms with E-state index in [2.05, 4.69) is 37.3 Å². The summed E-state index contributed by atoms with van der Waals surface area (Å²) in [5, 5.41) is 8.63. The van der Waals surface area contributed by atoms with E-state index in [1.165, 1.54) is 0 Å². The lowest BCUT2D eigenvalue weighted by Gasteiger charge is -2.03. The number of benzene rings is 2. The zero-order valence-electron chi connectivity index (χ0n) is 16.4. The van der Waals surface area contributed by atoms with Crippen molar-refractivity contribution in [2.24, 2.45) is 0 Å². The van der Waals surface area contributed by atoms with Crippen LogP contribution in [0.25, 0.3) is 55.7 Å². The third-order valence-electron chi connectivity index (χ3n) is 5.37. The lowest BCUT2D eigenvalue weighted by atomic mass is 10.0. The van der Waals surface area contributed by atoms with E-state index >= 15 is 0 Å². The van der Waals surface area contributed by atoms with Crippen LogP contribution in [0, 0.1) is 0 Å². The summed E-state index contributed by atoms with van der Waals surface area (Å²) in [6.07, 6.45) is 7.06. The molecule has 0 fully saturated rings. The third kappa shape index (κ3) is 2.91. The van der Waals surface area contributed by atoms with E-state index in [0.29, 0.717) is 11.5 Å². The van der Waals surface area contributed by atoms with Crippen LogP contribution < -0.4 is 5.73 Å². The number of aromatic nitrogens is 6. The normalized spacial score (nSPS) is 11.4. The Balaban J connectivity index is 1.51. The molecule has 4 heterocycles. The molecule has 0 aliphatic carbocycles. The molecular weight excluding hydrogens is 386 g/mol. The molecule has 4 N–H and O–H groups in total. The van der Waals surface area contributed by atoms with Gasteiger partial charge in [0.15, 0.2) is 5.82 Å². The largest absolute Gasteiger partial charge is 0.397 e. The smallest absolute Gasteiger partial charge is 0.159 e. The fourth-order valence-corrected chi connectivity index (χ4v) is 3.89. The maximum absolute atomic E-state index is 5.91. The molecule has 0 unspecified atom stereocenters. The van der Waals surface area contributed by atoms with Crippen molar-refractivity contribution < 1.29 is 0 Å². The van der Waals surface area contributed by atoms with Gasteiger partial charge in [-0.15, -0.1) is 0 Å². The maximum atomic E-state index is 5.91. The zero-order chi connectivity index (χ0) is 20.8. The molecule has 0 aliphatic rings. The van der Waals surface area contributed by atoms with E-state index in [1.807, 2.05) is 48.7 Å². The highest BCUT2D eigenvalue weighted by atomic mass is 15.1. The van der Waals surface area contributed by atoms with E-state index in [-0.39, 0.29) is 0 Å². The molecule has 0 aliphatic heterocycles. The van der Waals surface area contributed by atoms with Crippen molar-refractivity contribution >= 4 is 27.6 Å². The van der Waals surface area contributed by atoms with Crippen LogP contribution in [0.2, 0.25) is 0 Å². The molecule has 0 bridgehead atoms. The number of anilines is 1. The number of nitrogens with one attached hydrogen (secondary N) is 2. The average Bonchev–Trinajstić information content (AvgIpc) is 3.43. The lowest BCUT2D eigenvalue weighted by Crippen LogP contribution is -1.88. The molecule has 6 rings (SSSR count). The van der Waals surface area contributed by atoms with Crippen molar-refractivity contribution in [3.63, 3.8) is 0 Å². The van der Waals surface area contributed by atoms with Crippen molar-refractivity contribution in [2.45, 2.75) is 0 Å². The van der Waals surface area contributed by atoms with Gasteiger partial charge in [0.1, 0.15) is 5.69 Å². The highest BCUT2D eigenvalue weighted by molar-refractivity contribution is 5.98. The average molecular weight is 403 g/mol. The zero-order valence-corrected chi connectivity index (χ0v) is 16.4. The van der Waals surface area contributed by atoms with Crippen LogP contribution in [-0.4, -0.2) is 30.1 Å². The van der Waals surface area contributed by atoms with Gasteiger partial charge < -0.3 is 10.7 Å². The summed E-state index contributed by atoms with van der Waals surface area (Å²) >= 11 is 0. The molecule has 6 aromatic rings. The van der Waals surface area contributed by atoms with Crippen molar-refractivity contribution in [3.05, 3.63) is 79.4 Å². The van der Waals surface area contributed by atoms with Crippen LogP contribution in [0.5, 0.6) is 0 Å². The van der Waals surface area contributed by atoms with Gasteiger partial charge in [-0.05, 0) is 35.9 Å². The van der Waals surface area contributed by atoms with Gasteiger partial charge in [0.05, 0.1) is 22.2 Å². The fraction of sp³-hybridized carbons (Fsp3) is 0. The van der Waals surface area contributed by atoms with Crippen molar-refractivity contribution in [3.8, 4) is 33.8 Å². The van der Waals surface area contributed by atoms with Crippen molar-refractivity contribution in [1.29, 1.82) is 0 Å². The first-order valence-electron chi connectivity index (χ1n) is 9.85. The van der Waals surface area contributed by atoms with E-state index in [0.717, 1.165) is 49.9 Å². The second-order valence-electron chi connectivity index (χ2n) is 7.37. The SMILES string of the molecule is Nc1cncc(-c2ccc3[nH]nc(-c4nc5c(-c6cccnc6)cccc5[nH]4)c3c2)c1. The van der Waals surface area contributed by atoms with Crippen LogP contribution in [0.1, 0.15) is 0 Å². The second-order valence-corrected chi connectivity index (χ2v) is 7.37. The first kappa shape index (κ1) is 17.3. The Morgan fingerprint density at radius 3 is 2.58 bits per heavy atom. The van der Waals surface area contributed by atoms with Gasteiger partial charge >= 0.3 is 0 Å². The number of pyridine rings is 2. The topological polar surface area (TPSA) is 109 Å². The van der Waals surface area contributed by atoms with E-state index in [1.54, 1.807) is 18.6 Å². The number of hydrogen-bond acceptors (Lipinski definition) is 5. The molecule has 0 saturated carbocycles. The molecule has 2 aromatic carbocycles. The maximum Gasteiger partial charge on any atom is 0.159 e. The summed E-state index contributed by atoms with van der Waals surface area (Å²) in [7, 11) is 0. The molecule has 31 heavy (non-hydrogen) atoms. The highest BCUT2D eigenvalue weighted by Crippen LogP contribution is 2.33. The van der Waals surface area contributed by atoms with E-state index < -0.39 is 0 Å². The van der Waals surface area contributed by atoms with Crippen molar-refractivity contribution in [1.82, 2.24) is 30.1 Å². The van der Waals surface area contributed by atoms with Crippen LogP contribution in [0.4, 0.5) is 5.69 Å². The lowest BCUT2D eigenvalue weighted by molar-refractivity contribution is 1.11. The number of nitrogens with zero attached hydrogens (tertiary/aromatic N) is 4. The number of hydrogen-bond donors (Lipinski definition) is 3. The quantitative estimate of drug-likeness (QED) is 0.393. The van der Waals surface area contributed by atoms with E-state index in [9.17, 15) is 0 Å². The van der Waals surface area contributed by atoms with Crippen LogP contribution in [-0.2, 0) is 0 Å². The van der Waals surface area contributed by atoms with Gasteiger partial charge in [0.2, 0.25) is 0 Å². The summed E-state index contributed by atoms with van der Waals surface area (Å²) in [4.78, 5) is 16.8. The standard InChI is InChI=1S/C24H17N7/c25-17-9-16(12-27-13-17)14-6-7-20-19(10-14)23(31-30-20)24-28-21-5-1-4-18(22(21)29-24)15-3-2-8-26-11-15/h1-13H,25H2,(H,28,29)(H,30,31). The minimum atomic E-state index is 0.630. The summed E-state index contributed by atoms with van der Waals surface area (Å²) in [6.45, 7) is 0. The van der Waals surface area contributed by atoms with Gasteiger partial charge in [-0.25, -0.2) is 4.98 Å². The Bertz CT molecular complexity index is 1550. The van der Waals surface area contributed by atoms with Crippen LogP contribution >= 0.6 is 0 Å². The monoisotopic (exact) mass is 403 g/mol. The third-order valence-corrected chi connectivity index (χ3v) is 5.37. The van der Waals surface area contributed by atoms with Gasteiger partial charge in [-0.2, -0.15) is 5.10 Å². The van der Waals surface area contributed by atoms with Crippen LogP contribution in [0.3, 0.4) is 0 Å². The minimum Gasteiger partial charge on any atom is -0.397 e. The van der Waals surface area contributed by atoms with E-state index in [4.69, 9.17) is 10.7 Å². The predicted octanol–water partition coefficient (Wildman–Crippen LogP) is 4.81. The molecule has 4 aromatic heterocycles. The molecular formula is C24H17N7. The number of rotatable bonds is 3. The molecule has 0 saturated heterocycles. The highest BCUT2D eigenvalue weighted by Gasteiger charge is 2.15. The van der Waals surface area contributed by atoms with Gasteiger partial charge in [0, 0.05) is 46.9 Å². The molecule has 7 heteroatoms. The number of fused-ring (bicyclic) bond motifs is 2. The molecule has 148 valence electrons. The van der Waals surface area contributed by atoms with Crippen LogP contribution in [0.15, 0.2) is 79.4 Å². The molecule has 0 spiro atoms. The first-order valence-corrected chi connectivity index (χ1v) is 9.85. The van der Waals surface area contributed by atoms with Gasteiger partial charge in [-0.1, -0.05) is 24.3 Å². The summed E-state index contributed by atoms with van der Waals surface area (Å²) in [6, 6.07) is 18.1. The summed E-state index contributed by atoms with van der Waals surface area (Å²) in [5.41, 5.74) is 14.1. The van der Waals surface area contributed by atoms with Crippen molar-refractivity contribution in [2.75, 3.05) is 5.73 Å². The minimum absolute atomic E-state index is 0.630. The van der Waals surface area contributed by atoms with Gasteiger partial charge in [0.25, 0.3) is 0 Å². The molecule has 0 amide bonds. The number of aromatic amines is 2. The molecule has 7 nitrogen and oxygen atoms in total. The number of nitrogen functional groups attached to an aromatic ring is 1. The second kappa shape index (κ2) is 6.77. The molecule has 0 atom stereocenters. The number of H-pyrrole nitrogens is 2. The Hall–Kier alpha value is -4.52. The Morgan fingerprint density at radius 2 is 1.71 bits per heavy atom. The fourth-order valence-electron chi connectivity index (χ4n) is 3.89. The summed E-state index contributed by atoms with van der Waals surface area (Å²) < 4.78 is 0. The Morgan fingerprint density at radius 1 is 0.774 bits per heavy atom. The predicted molar refractivity (Wildman–Crippen MR) is 122 cm³/mol. The van der Waals surface area contributed by atoms with Gasteiger partial charge in [-0.3, -0.25) is 15.1 Å². The summed E-state index contributed by atoms with van der Waals surface area (Å²) in [5.74, 6) is 0.709. The Labute approximate surface area is 177 Å². The Kier molecular flexibility index (Phi) is 3.79.